The molecule has 0 bridgehead atoms. The fraction of sp³-hybridized carbons (Fsp3) is 0.318. The van der Waals surface area contributed by atoms with Gasteiger partial charge in [-0.05, 0) is 50.2 Å². The summed E-state index contributed by atoms with van der Waals surface area (Å²) in [5.41, 5.74) is 2.97. The van der Waals surface area contributed by atoms with Crippen LogP contribution in [0.4, 0.5) is 5.69 Å². The van der Waals surface area contributed by atoms with Crippen molar-refractivity contribution in [3.8, 4) is 17.6 Å². The van der Waals surface area contributed by atoms with Crippen LogP contribution in [0.5, 0.6) is 11.5 Å². The fourth-order valence-electron chi connectivity index (χ4n) is 3.17. The smallest absolute Gasteiger partial charge is 0.251 e. The molecule has 2 aromatic rings. The second-order valence-corrected chi connectivity index (χ2v) is 6.78. The molecule has 2 aromatic carbocycles. The summed E-state index contributed by atoms with van der Waals surface area (Å²) < 4.78 is 11.5. The molecule has 0 radical (unpaired) electrons. The van der Waals surface area contributed by atoms with E-state index >= 15 is 0 Å². The van der Waals surface area contributed by atoms with Gasteiger partial charge in [0, 0.05) is 35.3 Å². The first-order chi connectivity index (χ1) is 14.0. The molecule has 0 saturated heterocycles. The predicted molar refractivity (Wildman–Crippen MR) is 108 cm³/mol. The van der Waals surface area contributed by atoms with Gasteiger partial charge >= 0.3 is 0 Å². The molecule has 29 heavy (non-hydrogen) atoms. The summed E-state index contributed by atoms with van der Waals surface area (Å²) in [5.74, 6) is 0.959. The minimum Gasteiger partial charge on any atom is -0.494 e. The standard InChI is InChI=1S/C22H23N3O4/c1-3-28-19-11-16-10-14(2)29-20(16)12-17(19)13-24-22(27)15-4-6-18(7-5-15)25-21(26)8-9-23/h4-7,11-12,14H,3,8,10,13H2,1-2H3,(H,24,27)(H,25,26)/t14-/m1/s1. The van der Waals surface area contributed by atoms with Gasteiger partial charge in [0.1, 0.15) is 24.0 Å². The number of amides is 2. The van der Waals surface area contributed by atoms with Gasteiger partial charge in [-0.2, -0.15) is 5.26 Å². The highest BCUT2D eigenvalue weighted by molar-refractivity contribution is 5.96. The zero-order valence-corrected chi connectivity index (χ0v) is 16.5. The highest BCUT2D eigenvalue weighted by Crippen LogP contribution is 2.35. The lowest BCUT2D eigenvalue weighted by Gasteiger charge is -2.13. The van der Waals surface area contributed by atoms with E-state index in [4.69, 9.17) is 14.7 Å². The predicted octanol–water partition coefficient (Wildman–Crippen LogP) is 3.19. The highest BCUT2D eigenvalue weighted by atomic mass is 16.5. The Hall–Kier alpha value is -3.53. The van der Waals surface area contributed by atoms with E-state index in [1.54, 1.807) is 30.3 Å². The molecule has 1 atom stereocenters. The zero-order chi connectivity index (χ0) is 20.8. The van der Waals surface area contributed by atoms with Gasteiger partial charge in [-0.3, -0.25) is 9.59 Å². The Kier molecular flexibility index (Phi) is 6.35. The van der Waals surface area contributed by atoms with Crippen molar-refractivity contribution >= 4 is 17.5 Å². The second-order valence-electron chi connectivity index (χ2n) is 6.78. The van der Waals surface area contributed by atoms with Crippen LogP contribution in [0.25, 0.3) is 0 Å². The summed E-state index contributed by atoms with van der Waals surface area (Å²) in [6.07, 6.45) is 0.768. The summed E-state index contributed by atoms with van der Waals surface area (Å²) >= 11 is 0. The average Bonchev–Trinajstić information content (AvgIpc) is 3.05. The van der Waals surface area contributed by atoms with Crippen LogP contribution in [-0.4, -0.2) is 24.5 Å². The molecule has 7 heteroatoms. The lowest BCUT2D eigenvalue weighted by molar-refractivity contribution is -0.115. The van der Waals surface area contributed by atoms with Gasteiger partial charge in [-0.1, -0.05) is 0 Å². The van der Waals surface area contributed by atoms with Crippen LogP contribution in [0, 0.1) is 11.3 Å². The molecular formula is C22H23N3O4. The fourth-order valence-corrected chi connectivity index (χ4v) is 3.17. The normalized spacial score (nSPS) is 14.3. The highest BCUT2D eigenvalue weighted by Gasteiger charge is 2.22. The van der Waals surface area contributed by atoms with Crippen molar-refractivity contribution < 1.29 is 19.1 Å². The Morgan fingerprint density at radius 1 is 1.28 bits per heavy atom. The van der Waals surface area contributed by atoms with Crippen LogP contribution in [-0.2, 0) is 17.8 Å². The van der Waals surface area contributed by atoms with Crippen LogP contribution in [0.2, 0.25) is 0 Å². The number of ether oxygens (including phenoxy) is 2. The average molecular weight is 393 g/mol. The van der Waals surface area contributed by atoms with E-state index in [2.05, 4.69) is 10.6 Å². The molecule has 0 saturated carbocycles. The van der Waals surface area contributed by atoms with E-state index in [9.17, 15) is 9.59 Å². The molecule has 2 N–H and O–H groups in total. The molecule has 0 aromatic heterocycles. The van der Waals surface area contributed by atoms with Crippen LogP contribution >= 0.6 is 0 Å². The van der Waals surface area contributed by atoms with Gasteiger partial charge in [-0.15, -0.1) is 0 Å². The summed E-state index contributed by atoms with van der Waals surface area (Å²) in [6.45, 7) is 4.79. The number of hydrogen-bond donors (Lipinski definition) is 2. The molecular weight excluding hydrogens is 370 g/mol. The number of carbonyl (C=O) groups is 2. The van der Waals surface area contributed by atoms with Crippen LogP contribution in [0.3, 0.4) is 0 Å². The topological polar surface area (TPSA) is 100 Å². The number of benzene rings is 2. The molecule has 0 spiro atoms. The maximum Gasteiger partial charge on any atom is 0.251 e. The number of rotatable bonds is 7. The van der Waals surface area contributed by atoms with Crippen molar-refractivity contribution in [2.75, 3.05) is 11.9 Å². The molecule has 150 valence electrons. The minimum absolute atomic E-state index is 0.136. The second kappa shape index (κ2) is 9.11. The van der Waals surface area contributed by atoms with E-state index in [0.29, 0.717) is 24.4 Å². The Morgan fingerprint density at radius 3 is 2.72 bits per heavy atom. The van der Waals surface area contributed by atoms with Crippen LogP contribution in [0.15, 0.2) is 36.4 Å². The van der Waals surface area contributed by atoms with Crippen molar-refractivity contribution in [2.45, 2.75) is 39.3 Å². The Bertz CT molecular complexity index is 948. The number of nitrogens with zero attached hydrogens (tertiary/aromatic N) is 1. The van der Waals surface area contributed by atoms with E-state index in [-0.39, 0.29) is 24.3 Å². The van der Waals surface area contributed by atoms with Gasteiger partial charge in [0.05, 0.1) is 12.7 Å². The lowest BCUT2D eigenvalue weighted by atomic mass is 10.1. The summed E-state index contributed by atoms with van der Waals surface area (Å²) in [7, 11) is 0. The third-order valence-electron chi connectivity index (χ3n) is 4.49. The quantitative estimate of drug-likeness (QED) is 0.752. The Labute approximate surface area is 169 Å². The van der Waals surface area contributed by atoms with Crippen molar-refractivity contribution in [3.63, 3.8) is 0 Å². The number of anilines is 1. The summed E-state index contributed by atoms with van der Waals surface area (Å²) in [6, 6.07) is 12.2. The van der Waals surface area contributed by atoms with Crippen molar-refractivity contribution in [1.29, 1.82) is 5.26 Å². The zero-order valence-electron chi connectivity index (χ0n) is 16.5. The summed E-state index contributed by atoms with van der Waals surface area (Å²) in [5, 5.41) is 14.0. The van der Waals surface area contributed by atoms with Gasteiger partial charge in [0.25, 0.3) is 5.91 Å². The molecule has 3 rings (SSSR count). The largest absolute Gasteiger partial charge is 0.494 e. The lowest BCUT2D eigenvalue weighted by Crippen LogP contribution is -2.23. The molecule has 7 nitrogen and oxygen atoms in total. The molecule has 0 aliphatic carbocycles. The molecule has 1 aliphatic rings. The van der Waals surface area contributed by atoms with Crippen LogP contribution < -0.4 is 20.1 Å². The number of hydrogen-bond acceptors (Lipinski definition) is 5. The number of nitriles is 1. The number of carbonyl (C=O) groups excluding carboxylic acids is 2. The Balaban J connectivity index is 1.65. The first-order valence-corrected chi connectivity index (χ1v) is 9.50. The summed E-state index contributed by atoms with van der Waals surface area (Å²) in [4.78, 5) is 23.9. The molecule has 2 amide bonds. The van der Waals surface area contributed by atoms with Gasteiger partial charge in [0.2, 0.25) is 5.91 Å². The van der Waals surface area contributed by atoms with Crippen molar-refractivity contribution in [2.24, 2.45) is 0 Å². The van der Waals surface area contributed by atoms with Crippen molar-refractivity contribution in [3.05, 3.63) is 53.1 Å². The maximum atomic E-state index is 12.5. The Morgan fingerprint density at radius 2 is 2.03 bits per heavy atom. The molecule has 0 unspecified atom stereocenters. The van der Waals surface area contributed by atoms with E-state index in [1.165, 1.54) is 0 Å². The van der Waals surface area contributed by atoms with Crippen molar-refractivity contribution in [1.82, 2.24) is 5.32 Å². The monoisotopic (exact) mass is 393 g/mol. The third-order valence-corrected chi connectivity index (χ3v) is 4.49. The SMILES string of the molecule is CCOc1cc2c(cc1CNC(=O)c1ccc(NC(=O)CC#N)cc1)O[C@H](C)C2. The first-order valence-electron chi connectivity index (χ1n) is 9.50. The van der Waals surface area contributed by atoms with E-state index in [0.717, 1.165) is 29.0 Å². The van der Waals surface area contributed by atoms with Crippen LogP contribution in [0.1, 0.15) is 41.8 Å². The van der Waals surface area contributed by atoms with Gasteiger partial charge in [0.15, 0.2) is 0 Å². The number of fused-ring (bicyclic) bond motifs is 1. The third kappa shape index (κ3) is 5.05. The van der Waals surface area contributed by atoms with Gasteiger partial charge < -0.3 is 20.1 Å². The van der Waals surface area contributed by atoms with E-state index < -0.39 is 0 Å². The maximum absolute atomic E-state index is 12.5. The molecule has 1 heterocycles. The minimum atomic E-state index is -0.388. The number of nitrogens with one attached hydrogen (secondary N) is 2. The molecule has 1 aliphatic heterocycles. The molecule has 0 fully saturated rings. The first kappa shape index (κ1) is 20.2. The van der Waals surface area contributed by atoms with E-state index in [1.807, 2.05) is 26.0 Å². The van der Waals surface area contributed by atoms with Gasteiger partial charge in [-0.25, -0.2) is 0 Å².